The van der Waals surface area contributed by atoms with Gasteiger partial charge in [-0.3, -0.25) is 4.79 Å². The van der Waals surface area contributed by atoms with Crippen LogP contribution in [0.3, 0.4) is 0 Å². The SMILES string of the molecule is C#CCNC(=O)C(C)Nc1ccccc1CCOC. The molecule has 4 nitrogen and oxygen atoms in total. The minimum Gasteiger partial charge on any atom is -0.384 e. The molecule has 4 heteroatoms. The second kappa shape index (κ2) is 8.17. The van der Waals surface area contributed by atoms with E-state index in [0.29, 0.717) is 6.61 Å². The average molecular weight is 260 g/mol. The van der Waals surface area contributed by atoms with Crippen LogP contribution in [0, 0.1) is 12.3 Å². The lowest BCUT2D eigenvalue weighted by Crippen LogP contribution is -2.37. The zero-order valence-corrected chi connectivity index (χ0v) is 11.4. The Morgan fingerprint density at radius 1 is 1.47 bits per heavy atom. The molecule has 0 radical (unpaired) electrons. The molecule has 1 unspecified atom stereocenters. The third-order valence-corrected chi connectivity index (χ3v) is 2.72. The molecule has 0 aliphatic carbocycles. The van der Waals surface area contributed by atoms with Gasteiger partial charge in [0.25, 0.3) is 0 Å². The molecule has 1 atom stereocenters. The van der Waals surface area contributed by atoms with Crippen molar-refractivity contribution in [1.29, 1.82) is 0 Å². The first-order valence-electron chi connectivity index (χ1n) is 6.23. The highest BCUT2D eigenvalue weighted by Crippen LogP contribution is 2.16. The number of hydrogen-bond donors (Lipinski definition) is 2. The minimum absolute atomic E-state index is 0.112. The summed E-state index contributed by atoms with van der Waals surface area (Å²) in [6.45, 7) is 2.70. The van der Waals surface area contributed by atoms with Crippen molar-refractivity contribution in [2.24, 2.45) is 0 Å². The van der Waals surface area contributed by atoms with Crippen molar-refractivity contribution >= 4 is 11.6 Å². The Labute approximate surface area is 114 Å². The molecule has 1 amide bonds. The molecule has 0 saturated heterocycles. The van der Waals surface area contributed by atoms with Gasteiger partial charge in [-0.1, -0.05) is 24.1 Å². The fraction of sp³-hybridized carbons (Fsp3) is 0.400. The summed E-state index contributed by atoms with van der Waals surface area (Å²) in [4.78, 5) is 11.7. The first-order valence-corrected chi connectivity index (χ1v) is 6.23. The first kappa shape index (κ1) is 15.1. The minimum atomic E-state index is -0.336. The molecule has 0 saturated carbocycles. The van der Waals surface area contributed by atoms with E-state index in [4.69, 9.17) is 11.2 Å². The number of ether oxygens (including phenoxy) is 1. The van der Waals surface area contributed by atoms with Gasteiger partial charge in [-0.15, -0.1) is 6.42 Å². The molecule has 0 bridgehead atoms. The zero-order valence-electron chi connectivity index (χ0n) is 11.4. The van der Waals surface area contributed by atoms with Gasteiger partial charge >= 0.3 is 0 Å². The molecule has 0 aromatic heterocycles. The van der Waals surface area contributed by atoms with E-state index in [0.717, 1.165) is 17.7 Å². The average Bonchev–Trinajstić information content (AvgIpc) is 2.43. The van der Waals surface area contributed by atoms with Crippen LogP contribution in [0.4, 0.5) is 5.69 Å². The predicted octanol–water partition coefficient (Wildman–Crippen LogP) is 1.43. The van der Waals surface area contributed by atoms with E-state index in [2.05, 4.69) is 16.6 Å². The maximum Gasteiger partial charge on any atom is 0.242 e. The number of anilines is 1. The number of terminal acetylenes is 1. The van der Waals surface area contributed by atoms with Crippen LogP contribution in [0.5, 0.6) is 0 Å². The van der Waals surface area contributed by atoms with Gasteiger partial charge in [-0.05, 0) is 25.0 Å². The van der Waals surface area contributed by atoms with Gasteiger partial charge in [-0.2, -0.15) is 0 Å². The Kier molecular flexibility index (Phi) is 6.48. The molecule has 1 rings (SSSR count). The van der Waals surface area contributed by atoms with Gasteiger partial charge < -0.3 is 15.4 Å². The van der Waals surface area contributed by atoms with Gasteiger partial charge in [-0.25, -0.2) is 0 Å². The van der Waals surface area contributed by atoms with Crippen molar-refractivity contribution in [2.45, 2.75) is 19.4 Å². The van der Waals surface area contributed by atoms with E-state index in [9.17, 15) is 4.79 Å². The second-order valence-electron chi connectivity index (χ2n) is 4.19. The van der Waals surface area contributed by atoms with Crippen molar-refractivity contribution < 1.29 is 9.53 Å². The van der Waals surface area contributed by atoms with E-state index in [1.165, 1.54) is 0 Å². The fourth-order valence-electron chi connectivity index (χ4n) is 1.68. The van der Waals surface area contributed by atoms with Crippen LogP contribution >= 0.6 is 0 Å². The third kappa shape index (κ3) is 5.02. The summed E-state index contributed by atoms with van der Waals surface area (Å²) in [6, 6.07) is 7.55. The van der Waals surface area contributed by atoms with Gasteiger partial charge in [0.05, 0.1) is 13.2 Å². The fourth-order valence-corrected chi connectivity index (χ4v) is 1.68. The second-order valence-corrected chi connectivity index (χ2v) is 4.19. The molecule has 0 spiro atoms. The number of amides is 1. The third-order valence-electron chi connectivity index (χ3n) is 2.72. The first-order chi connectivity index (χ1) is 9.19. The van der Waals surface area contributed by atoms with E-state index < -0.39 is 0 Å². The number of nitrogens with one attached hydrogen (secondary N) is 2. The van der Waals surface area contributed by atoms with Crippen LogP contribution in [0.1, 0.15) is 12.5 Å². The monoisotopic (exact) mass is 260 g/mol. The molecule has 0 heterocycles. The molecule has 1 aromatic rings. The number of benzene rings is 1. The standard InChI is InChI=1S/C15H20N2O2/c1-4-10-16-15(18)12(2)17-14-8-6-5-7-13(14)9-11-19-3/h1,5-8,12,17H,9-11H2,2-3H3,(H,16,18). The van der Waals surface area contributed by atoms with E-state index in [1.54, 1.807) is 14.0 Å². The van der Waals surface area contributed by atoms with Gasteiger partial charge in [0, 0.05) is 12.8 Å². The highest BCUT2D eigenvalue weighted by atomic mass is 16.5. The summed E-state index contributed by atoms with van der Waals surface area (Å²) >= 11 is 0. The van der Waals surface area contributed by atoms with Crippen LogP contribution in [0.15, 0.2) is 24.3 Å². The molecular weight excluding hydrogens is 240 g/mol. The number of hydrogen-bond acceptors (Lipinski definition) is 3. The highest BCUT2D eigenvalue weighted by molar-refractivity contribution is 5.84. The van der Waals surface area contributed by atoms with E-state index >= 15 is 0 Å². The van der Waals surface area contributed by atoms with Crippen LogP contribution < -0.4 is 10.6 Å². The largest absolute Gasteiger partial charge is 0.384 e. The smallest absolute Gasteiger partial charge is 0.242 e. The Morgan fingerprint density at radius 3 is 2.89 bits per heavy atom. The normalized spacial score (nSPS) is 11.4. The number of carbonyl (C=O) groups is 1. The maximum absolute atomic E-state index is 11.7. The number of rotatable bonds is 7. The maximum atomic E-state index is 11.7. The molecule has 1 aromatic carbocycles. The lowest BCUT2D eigenvalue weighted by atomic mass is 10.1. The zero-order chi connectivity index (χ0) is 14.1. The molecule has 0 aliphatic rings. The number of para-hydroxylation sites is 1. The summed E-state index contributed by atoms with van der Waals surface area (Å²) in [5.41, 5.74) is 2.07. The number of methoxy groups -OCH3 is 1. The molecule has 0 aliphatic heterocycles. The molecule has 102 valence electrons. The topological polar surface area (TPSA) is 50.4 Å². The van der Waals surface area contributed by atoms with E-state index in [-0.39, 0.29) is 18.5 Å². The lowest BCUT2D eigenvalue weighted by Gasteiger charge is -2.17. The lowest BCUT2D eigenvalue weighted by molar-refractivity contribution is -0.121. The summed E-state index contributed by atoms with van der Waals surface area (Å²) in [5, 5.41) is 5.84. The summed E-state index contributed by atoms with van der Waals surface area (Å²) < 4.78 is 5.08. The summed E-state index contributed by atoms with van der Waals surface area (Å²) in [5.74, 6) is 2.27. The van der Waals surface area contributed by atoms with E-state index in [1.807, 2.05) is 24.3 Å². The Bertz CT molecular complexity index is 452. The Balaban J connectivity index is 2.65. The van der Waals surface area contributed by atoms with Gasteiger partial charge in [0.15, 0.2) is 0 Å². The van der Waals surface area contributed by atoms with Crippen molar-refractivity contribution in [3.63, 3.8) is 0 Å². The van der Waals surface area contributed by atoms with Crippen LogP contribution in [0.2, 0.25) is 0 Å². The van der Waals surface area contributed by atoms with Crippen molar-refractivity contribution in [2.75, 3.05) is 25.6 Å². The molecule has 2 N–H and O–H groups in total. The Hall–Kier alpha value is -1.99. The quantitative estimate of drug-likeness (QED) is 0.729. The summed E-state index contributed by atoms with van der Waals surface area (Å²) in [6.07, 6.45) is 5.91. The van der Waals surface area contributed by atoms with Crippen LogP contribution in [0.25, 0.3) is 0 Å². The molecular formula is C15H20N2O2. The van der Waals surface area contributed by atoms with Crippen molar-refractivity contribution in [1.82, 2.24) is 5.32 Å². The predicted molar refractivity (Wildman–Crippen MR) is 76.9 cm³/mol. The van der Waals surface area contributed by atoms with Crippen LogP contribution in [-0.2, 0) is 16.0 Å². The Morgan fingerprint density at radius 2 is 2.21 bits per heavy atom. The molecule has 0 fully saturated rings. The van der Waals surface area contributed by atoms with Crippen LogP contribution in [-0.4, -0.2) is 32.2 Å². The van der Waals surface area contributed by atoms with Crippen molar-refractivity contribution in [3.8, 4) is 12.3 Å². The highest BCUT2D eigenvalue weighted by Gasteiger charge is 2.12. The van der Waals surface area contributed by atoms with Gasteiger partial charge in [0.1, 0.15) is 6.04 Å². The number of carbonyl (C=O) groups excluding carboxylic acids is 1. The van der Waals surface area contributed by atoms with Crippen molar-refractivity contribution in [3.05, 3.63) is 29.8 Å². The van der Waals surface area contributed by atoms with Gasteiger partial charge in [0.2, 0.25) is 5.91 Å². The molecule has 19 heavy (non-hydrogen) atoms. The summed E-state index contributed by atoms with van der Waals surface area (Å²) in [7, 11) is 1.67.